The quantitative estimate of drug-likeness (QED) is 0.695. The first kappa shape index (κ1) is 15.7. The van der Waals surface area contributed by atoms with Crippen LogP contribution in [0.25, 0.3) is 0 Å². The van der Waals surface area contributed by atoms with Gasteiger partial charge in [0.1, 0.15) is 15.6 Å². The third-order valence-corrected chi connectivity index (χ3v) is 3.59. The second-order valence-electron chi connectivity index (χ2n) is 4.49. The summed E-state index contributed by atoms with van der Waals surface area (Å²) in [4.78, 5) is 13.8. The van der Waals surface area contributed by atoms with Crippen LogP contribution >= 0.6 is 0 Å². The first-order valence-corrected chi connectivity index (χ1v) is 7.92. The second kappa shape index (κ2) is 6.68. The Hall–Kier alpha value is -1.40. The zero-order chi connectivity index (χ0) is 14.5. The number of sulfone groups is 1. The number of ketones is 1. The van der Waals surface area contributed by atoms with Crippen LogP contribution in [0.2, 0.25) is 0 Å². The van der Waals surface area contributed by atoms with Crippen molar-refractivity contribution in [3.63, 3.8) is 0 Å². The minimum atomic E-state index is -3.01. The minimum Gasteiger partial charge on any atom is -0.496 e. The SMILES string of the molecule is COc1ccccc1C(=O)CN(C)CCS(C)(=O)=O. The number of ether oxygens (including phenoxy) is 1. The first-order chi connectivity index (χ1) is 8.83. The van der Waals surface area contributed by atoms with Crippen LogP contribution in [0.3, 0.4) is 0 Å². The molecule has 0 saturated carbocycles. The van der Waals surface area contributed by atoms with Crippen molar-refractivity contribution in [3.05, 3.63) is 29.8 Å². The van der Waals surface area contributed by atoms with Crippen molar-refractivity contribution in [1.82, 2.24) is 4.90 Å². The highest BCUT2D eigenvalue weighted by Crippen LogP contribution is 2.17. The number of Topliss-reactive ketones (excluding diaryl/α,β-unsaturated/α-hetero) is 1. The van der Waals surface area contributed by atoms with Gasteiger partial charge in [0, 0.05) is 12.8 Å². The van der Waals surface area contributed by atoms with Crippen LogP contribution in [0.1, 0.15) is 10.4 Å². The van der Waals surface area contributed by atoms with Crippen LogP contribution in [0.4, 0.5) is 0 Å². The van der Waals surface area contributed by atoms with Gasteiger partial charge >= 0.3 is 0 Å². The summed E-state index contributed by atoms with van der Waals surface area (Å²) in [5.41, 5.74) is 0.510. The molecule has 5 nitrogen and oxygen atoms in total. The molecule has 1 aromatic carbocycles. The lowest BCUT2D eigenvalue weighted by atomic mass is 10.1. The lowest BCUT2D eigenvalue weighted by Gasteiger charge is -2.16. The Morgan fingerprint density at radius 1 is 1.32 bits per heavy atom. The van der Waals surface area contributed by atoms with E-state index in [0.717, 1.165) is 0 Å². The number of methoxy groups -OCH3 is 1. The van der Waals surface area contributed by atoms with E-state index in [9.17, 15) is 13.2 Å². The predicted molar refractivity (Wildman–Crippen MR) is 74.5 cm³/mol. The fourth-order valence-electron chi connectivity index (χ4n) is 1.61. The van der Waals surface area contributed by atoms with Gasteiger partial charge in [0.15, 0.2) is 5.78 Å². The third kappa shape index (κ3) is 5.40. The normalized spacial score (nSPS) is 11.6. The zero-order valence-electron chi connectivity index (χ0n) is 11.4. The molecule has 0 unspecified atom stereocenters. The number of para-hydroxylation sites is 1. The Balaban J connectivity index is 2.64. The summed E-state index contributed by atoms with van der Waals surface area (Å²) >= 11 is 0. The van der Waals surface area contributed by atoms with E-state index in [1.165, 1.54) is 13.4 Å². The van der Waals surface area contributed by atoms with Gasteiger partial charge in [-0.1, -0.05) is 12.1 Å². The standard InChI is InChI=1S/C13H19NO4S/c1-14(8-9-19(3,16)17)10-12(15)11-6-4-5-7-13(11)18-2/h4-7H,8-10H2,1-3H3. The average molecular weight is 285 g/mol. The molecule has 0 amide bonds. The fraction of sp³-hybridized carbons (Fsp3) is 0.462. The van der Waals surface area contributed by atoms with Crippen molar-refractivity contribution in [1.29, 1.82) is 0 Å². The number of nitrogens with zero attached hydrogens (tertiary/aromatic N) is 1. The van der Waals surface area contributed by atoms with E-state index in [4.69, 9.17) is 4.74 Å². The molecule has 0 radical (unpaired) electrons. The molecule has 0 aromatic heterocycles. The molecule has 0 aliphatic rings. The molecule has 19 heavy (non-hydrogen) atoms. The molecule has 0 N–H and O–H groups in total. The van der Waals surface area contributed by atoms with E-state index in [0.29, 0.717) is 17.9 Å². The third-order valence-electron chi connectivity index (χ3n) is 2.66. The molecule has 0 spiro atoms. The average Bonchev–Trinajstić information content (AvgIpc) is 2.35. The van der Waals surface area contributed by atoms with Gasteiger partial charge in [0.2, 0.25) is 0 Å². The number of rotatable bonds is 7. The monoisotopic (exact) mass is 285 g/mol. The van der Waals surface area contributed by atoms with Crippen LogP contribution in [0.5, 0.6) is 5.75 Å². The maximum atomic E-state index is 12.1. The van der Waals surface area contributed by atoms with E-state index in [2.05, 4.69) is 0 Å². The molecular weight excluding hydrogens is 266 g/mol. The summed E-state index contributed by atoms with van der Waals surface area (Å²) in [6.07, 6.45) is 1.18. The Labute approximate surface area is 114 Å². The topological polar surface area (TPSA) is 63.7 Å². The molecule has 6 heteroatoms. The molecule has 0 fully saturated rings. The van der Waals surface area contributed by atoms with Gasteiger partial charge in [-0.05, 0) is 19.2 Å². The van der Waals surface area contributed by atoms with Gasteiger partial charge in [-0.25, -0.2) is 8.42 Å². The summed E-state index contributed by atoms with van der Waals surface area (Å²) in [7, 11) is 0.224. The molecule has 1 rings (SSSR count). The highest BCUT2D eigenvalue weighted by molar-refractivity contribution is 7.90. The number of carbonyl (C=O) groups is 1. The minimum absolute atomic E-state index is 0.0443. The Bertz CT molecular complexity index is 539. The lowest BCUT2D eigenvalue weighted by Crippen LogP contribution is -2.30. The van der Waals surface area contributed by atoms with E-state index in [1.54, 1.807) is 36.2 Å². The highest BCUT2D eigenvalue weighted by atomic mass is 32.2. The van der Waals surface area contributed by atoms with E-state index >= 15 is 0 Å². The Morgan fingerprint density at radius 3 is 2.53 bits per heavy atom. The molecule has 0 heterocycles. The van der Waals surface area contributed by atoms with Gasteiger partial charge in [-0.15, -0.1) is 0 Å². The van der Waals surface area contributed by atoms with Crippen molar-refractivity contribution >= 4 is 15.6 Å². The molecule has 0 bridgehead atoms. The van der Waals surface area contributed by atoms with Crippen molar-refractivity contribution in [2.75, 3.05) is 39.3 Å². The van der Waals surface area contributed by atoms with E-state index in [-0.39, 0.29) is 18.1 Å². The lowest BCUT2D eigenvalue weighted by molar-refractivity contribution is 0.0946. The van der Waals surface area contributed by atoms with Gasteiger partial charge in [-0.3, -0.25) is 9.69 Å². The summed E-state index contributed by atoms with van der Waals surface area (Å²) in [5.74, 6) is 0.486. The summed E-state index contributed by atoms with van der Waals surface area (Å²) in [6, 6.07) is 6.99. The predicted octanol–water partition coefficient (Wildman–Crippen LogP) is 0.854. The van der Waals surface area contributed by atoms with Crippen molar-refractivity contribution in [3.8, 4) is 5.75 Å². The molecule has 106 valence electrons. The molecule has 0 saturated heterocycles. The maximum Gasteiger partial charge on any atom is 0.180 e. The highest BCUT2D eigenvalue weighted by Gasteiger charge is 2.14. The van der Waals surface area contributed by atoms with Crippen molar-refractivity contribution < 1.29 is 17.9 Å². The Kier molecular flexibility index (Phi) is 5.50. The Morgan fingerprint density at radius 2 is 1.95 bits per heavy atom. The number of hydrogen-bond acceptors (Lipinski definition) is 5. The van der Waals surface area contributed by atoms with Crippen LogP contribution < -0.4 is 4.74 Å². The molecule has 1 aromatic rings. The number of hydrogen-bond donors (Lipinski definition) is 0. The smallest absolute Gasteiger partial charge is 0.180 e. The van der Waals surface area contributed by atoms with Gasteiger partial charge in [-0.2, -0.15) is 0 Å². The van der Waals surface area contributed by atoms with Crippen molar-refractivity contribution in [2.45, 2.75) is 0 Å². The summed E-state index contributed by atoms with van der Waals surface area (Å²) < 4.78 is 27.2. The summed E-state index contributed by atoms with van der Waals surface area (Å²) in [6.45, 7) is 0.496. The first-order valence-electron chi connectivity index (χ1n) is 5.86. The maximum absolute atomic E-state index is 12.1. The molecule has 0 atom stereocenters. The summed E-state index contributed by atoms with van der Waals surface area (Å²) in [5, 5.41) is 0. The fourth-order valence-corrected chi connectivity index (χ4v) is 2.25. The molecule has 0 aliphatic heterocycles. The van der Waals surface area contributed by atoms with Gasteiger partial charge < -0.3 is 4.74 Å². The number of benzene rings is 1. The second-order valence-corrected chi connectivity index (χ2v) is 6.75. The zero-order valence-corrected chi connectivity index (χ0v) is 12.2. The van der Waals surface area contributed by atoms with E-state index < -0.39 is 9.84 Å². The van der Waals surface area contributed by atoms with Crippen molar-refractivity contribution in [2.24, 2.45) is 0 Å². The van der Waals surface area contributed by atoms with Crippen LogP contribution in [-0.4, -0.2) is 58.4 Å². The largest absolute Gasteiger partial charge is 0.496 e. The van der Waals surface area contributed by atoms with Gasteiger partial charge in [0.25, 0.3) is 0 Å². The van der Waals surface area contributed by atoms with Crippen LogP contribution in [0.15, 0.2) is 24.3 Å². The number of likely N-dealkylation sites (N-methyl/N-ethyl adjacent to an activating group) is 1. The number of carbonyl (C=O) groups excluding carboxylic acids is 1. The van der Waals surface area contributed by atoms with E-state index in [1.807, 2.05) is 0 Å². The van der Waals surface area contributed by atoms with Crippen LogP contribution in [-0.2, 0) is 9.84 Å². The van der Waals surface area contributed by atoms with Crippen LogP contribution in [0, 0.1) is 0 Å². The molecular formula is C13H19NO4S. The molecule has 0 aliphatic carbocycles. The van der Waals surface area contributed by atoms with Gasteiger partial charge in [0.05, 0.1) is 25.0 Å².